The summed E-state index contributed by atoms with van der Waals surface area (Å²) < 4.78 is 4.76. The minimum atomic E-state index is 0.357. The van der Waals surface area contributed by atoms with Gasteiger partial charge in [-0.05, 0) is 19.4 Å². The standard InChI is InChI=1S/C7H11N3O/c8-7-4-6(10-11-7)5-2-1-3-9-5/h4-5,9H,1-3,8H2. The van der Waals surface area contributed by atoms with E-state index in [1.54, 1.807) is 6.07 Å². The number of hydrogen-bond acceptors (Lipinski definition) is 4. The van der Waals surface area contributed by atoms with Gasteiger partial charge in [-0.15, -0.1) is 0 Å². The van der Waals surface area contributed by atoms with E-state index in [-0.39, 0.29) is 0 Å². The third kappa shape index (κ3) is 1.21. The van der Waals surface area contributed by atoms with Crippen molar-refractivity contribution in [1.82, 2.24) is 10.5 Å². The molecular weight excluding hydrogens is 142 g/mol. The number of aromatic nitrogens is 1. The van der Waals surface area contributed by atoms with Crippen molar-refractivity contribution in [3.05, 3.63) is 11.8 Å². The maximum Gasteiger partial charge on any atom is 0.222 e. The molecule has 60 valence electrons. The van der Waals surface area contributed by atoms with Crippen molar-refractivity contribution in [2.75, 3.05) is 12.3 Å². The van der Waals surface area contributed by atoms with Crippen LogP contribution in [0.1, 0.15) is 24.6 Å². The first-order chi connectivity index (χ1) is 5.36. The number of rotatable bonds is 1. The first-order valence-electron chi connectivity index (χ1n) is 3.82. The van der Waals surface area contributed by atoms with Crippen LogP contribution in [0.2, 0.25) is 0 Å². The van der Waals surface area contributed by atoms with Crippen LogP contribution in [-0.4, -0.2) is 11.7 Å². The van der Waals surface area contributed by atoms with Gasteiger partial charge >= 0.3 is 0 Å². The van der Waals surface area contributed by atoms with Gasteiger partial charge in [0.15, 0.2) is 0 Å². The van der Waals surface area contributed by atoms with Crippen molar-refractivity contribution < 1.29 is 4.52 Å². The number of nitrogens with zero attached hydrogens (tertiary/aromatic N) is 1. The zero-order valence-corrected chi connectivity index (χ0v) is 6.21. The minimum Gasteiger partial charge on any atom is -0.368 e. The van der Waals surface area contributed by atoms with Gasteiger partial charge in [-0.2, -0.15) is 0 Å². The monoisotopic (exact) mass is 153 g/mol. The number of nitrogen functional groups attached to an aromatic ring is 1. The lowest BCUT2D eigenvalue weighted by Gasteiger charge is -2.02. The van der Waals surface area contributed by atoms with Gasteiger partial charge in [0, 0.05) is 6.07 Å². The fraction of sp³-hybridized carbons (Fsp3) is 0.571. The summed E-state index contributed by atoms with van der Waals surface area (Å²) in [7, 11) is 0. The third-order valence-corrected chi connectivity index (χ3v) is 1.96. The number of nitrogens with one attached hydrogen (secondary N) is 1. The average Bonchev–Trinajstić information content (AvgIpc) is 2.55. The second kappa shape index (κ2) is 2.54. The van der Waals surface area contributed by atoms with E-state index < -0.39 is 0 Å². The largest absolute Gasteiger partial charge is 0.368 e. The molecule has 1 saturated heterocycles. The van der Waals surface area contributed by atoms with Crippen LogP contribution in [0.3, 0.4) is 0 Å². The molecule has 0 aromatic carbocycles. The molecule has 1 aliphatic rings. The van der Waals surface area contributed by atoms with Gasteiger partial charge in [0.2, 0.25) is 5.88 Å². The van der Waals surface area contributed by atoms with Crippen molar-refractivity contribution in [1.29, 1.82) is 0 Å². The predicted molar refractivity (Wildman–Crippen MR) is 40.9 cm³/mol. The maximum absolute atomic E-state index is 5.39. The molecule has 0 amide bonds. The zero-order chi connectivity index (χ0) is 7.68. The minimum absolute atomic E-state index is 0.357. The molecular formula is C7H11N3O. The SMILES string of the molecule is Nc1cc(C2CCCN2)no1. The maximum atomic E-state index is 5.39. The molecule has 0 saturated carbocycles. The Kier molecular flexibility index (Phi) is 1.54. The van der Waals surface area contributed by atoms with Crippen LogP contribution in [0, 0.1) is 0 Å². The lowest BCUT2D eigenvalue weighted by molar-refractivity contribution is 0.416. The van der Waals surface area contributed by atoms with Crippen molar-refractivity contribution >= 4 is 5.88 Å². The van der Waals surface area contributed by atoms with E-state index in [1.165, 1.54) is 6.42 Å². The summed E-state index contributed by atoms with van der Waals surface area (Å²) in [6, 6.07) is 2.14. The Morgan fingerprint density at radius 3 is 3.18 bits per heavy atom. The van der Waals surface area contributed by atoms with E-state index in [0.717, 1.165) is 18.7 Å². The molecule has 1 unspecified atom stereocenters. The lowest BCUT2D eigenvalue weighted by Crippen LogP contribution is -2.12. The molecule has 1 aliphatic heterocycles. The highest BCUT2D eigenvalue weighted by Gasteiger charge is 2.19. The van der Waals surface area contributed by atoms with Gasteiger partial charge in [0.25, 0.3) is 0 Å². The summed E-state index contributed by atoms with van der Waals surface area (Å²) >= 11 is 0. The Hall–Kier alpha value is -1.03. The fourth-order valence-corrected chi connectivity index (χ4v) is 1.41. The number of anilines is 1. The molecule has 0 spiro atoms. The first-order valence-corrected chi connectivity index (χ1v) is 3.82. The highest BCUT2D eigenvalue weighted by Crippen LogP contribution is 2.22. The summed E-state index contributed by atoms with van der Waals surface area (Å²) in [6.07, 6.45) is 2.34. The lowest BCUT2D eigenvalue weighted by atomic mass is 10.2. The second-order valence-electron chi connectivity index (χ2n) is 2.80. The molecule has 1 aromatic rings. The van der Waals surface area contributed by atoms with Crippen LogP contribution in [-0.2, 0) is 0 Å². The summed E-state index contributed by atoms with van der Waals surface area (Å²) in [6.45, 7) is 1.07. The molecule has 11 heavy (non-hydrogen) atoms. The molecule has 4 heteroatoms. The molecule has 1 aromatic heterocycles. The second-order valence-corrected chi connectivity index (χ2v) is 2.80. The smallest absolute Gasteiger partial charge is 0.222 e. The van der Waals surface area contributed by atoms with E-state index in [4.69, 9.17) is 10.3 Å². The van der Waals surface area contributed by atoms with Crippen molar-refractivity contribution in [3.8, 4) is 0 Å². The molecule has 3 N–H and O–H groups in total. The van der Waals surface area contributed by atoms with E-state index in [0.29, 0.717) is 11.9 Å². The first kappa shape index (κ1) is 6.67. The molecule has 4 nitrogen and oxygen atoms in total. The van der Waals surface area contributed by atoms with E-state index in [9.17, 15) is 0 Å². The molecule has 0 bridgehead atoms. The van der Waals surface area contributed by atoms with Crippen LogP contribution in [0.5, 0.6) is 0 Å². The van der Waals surface area contributed by atoms with Gasteiger partial charge in [-0.3, -0.25) is 0 Å². The van der Waals surface area contributed by atoms with Gasteiger partial charge in [0.05, 0.1) is 6.04 Å². The topological polar surface area (TPSA) is 64.1 Å². The van der Waals surface area contributed by atoms with Crippen LogP contribution >= 0.6 is 0 Å². The van der Waals surface area contributed by atoms with Gasteiger partial charge in [0.1, 0.15) is 5.69 Å². The van der Waals surface area contributed by atoms with Crippen LogP contribution in [0.25, 0.3) is 0 Å². The fourth-order valence-electron chi connectivity index (χ4n) is 1.41. The van der Waals surface area contributed by atoms with Gasteiger partial charge in [-0.25, -0.2) is 0 Å². The average molecular weight is 153 g/mol. The highest BCUT2D eigenvalue weighted by atomic mass is 16.5. The van der Waals surface area contributed by atoms with Gasteiger partial charge in [-0.1, -0.05) is 5.16 Å². The normalized spacial score (nSPS) is 24.2. The summed E-state index contributed by atoms with van der Waals surface area (Å²) in [5.41, 5.74) is 6.32. The predicted octanol–water partition coefficient (Wildman–Crippen LogP) is 0.681. The Bertz CT molecular complexity index is 240. The van der Waals surface area contributed by atoms with Crippen LogP contribution < -0.4 is 11.1 Å². The summed E-state index contributed by atoms with van der Waals surface area (Å²) in [4.78, 5) is 0. The van der Waals surface area contributed by atoms with E-state index in [1.807, 2.05) is 0 Å². The van der Waals surface area contributed by atoms with Crippen molar-refractivity contribution in [2.24, 2.45) is 0 Å². The molecule has 2 heterocycles. The van der Waals surface area contributed by atoms with Crippen molar-refractivity contribution in [2.45, 2.75) is 18.9 Å². The Labute approximate surface area is 64.7 Å². The summed E-state index contributed by atoms with van der Waals surface area (Å²) in [5.74, 6) is 0.397. The number of nitrogens with two attached hydrogens (primary N) is 1. The quantitative estimate of drug-likeness (QED) is 0.622. The highest BCUT2D eigenvalue weighted by molar-refractivity contribution is 5.26. The Balaban J connectivity index is 2.15. The van der Waals surface area contributed by atoms with Gasteiger partial charge < -0.3 is 15.6 Å². The van der Waals surface area contributed by atoms with E-state index in [2.05, 4.69) is 10.5 Å². The molecule has 1 atom stereocenters. The third-order valence-electron chi connectivity index (χ3n) is 1.96. The zero-order valence-electron chi connectivity index (χ0n) is 6.21. The summed E-state index contributed by atoms with van der Waals surface area (Å²) in [5, 5.41) is 7.14. The van der Waals surface area contributed by atoms with Crippen molar-refractivity contribution in [3.63, 3.8) is 0 Å². The molecule has 1 fully saturated rings. The Morgan fingerprint density at radius 2 is 2.64 bits per heavy atom. The number of hydrogen-bond donors (Lipinski definition) is 2. The molecule has 0 aliphatic carbocycles. The molecule has 2 rings (SSSR count). The van der Waals surface area contributed by atoms with E-state index >= 15 is 0 Å². The van der Waals surface area contributed by atoms with Crippen LogP contribution in [0.15, 0.2) is 10.6 Å². The van der Waals surface area contributed by atoms with Crippen LogP contribution in [0.4, 0.5) is 5.88 Å². The Morgan fingerprint density at radius 1 is 1.73 bits per heavy atom. The molecule has 0 radical (unpaired) electrons.